The molecule has 0 aromatic heterocycles. The summed E-state index contributed by atoms with van der Waals surface area (Å²) in [6, 6.07) is 5.40. The first kappa shape index (κ1) is 11.2. The molecule has 2 nitrogen and oxygen atoms in total. The number of fused-ring (bicyclic) bond motifs is 1. The Morgan fingerprint density at radius 3 is 2.88 bits per heavy atom. The van der Waals surface area contributed by atoms with Crippen LogP contribution in [0.1, 0.15) is 30.9 Å². The van der Waals surface area contributed by atoms with Gasteiger partial charge in [0.2, 0.25) is 0 Å². The van der Waals surface area contributed by atoms with Crippen LogP contribution < -0.4 is 0 Å². The average molecular weight is 218 g/mol. The molecule has 1 unspecified atom stereocenters. The number of rotatable bonds is 2. The summed E-state index contributed by atoms with van der Waals surface area (Å²) < 4.78 is 0. The molecule has 1 atom stereocenters. The Bertz CT molecular complexity index is 423. The minimum Gasteiger partial charge on any atom is -0.508 e. The van der Waals surface area contributed by atoms with Gasteiger partial charge < -0.3 is 10.2 Å². The van der Waals surface area contributed by atoms with Crippen molar-refractivity contribution in [3.05, 3.63) is 41.5 Å². The van der Waals surface area contributed by atoms with E-state index in [1.54, 1.807) is 12.1 Å². The molecule has 2 N–H and O–H groups in total. The Balaban J connectivity index is 2.23. The lowest BCUT2D eigenvalue weighted by atomic mass is 9.77. The van der Waals surface area contributed by atoms with E-state index < -0.39 is 5.60 Å². The predicted molar refractivity (Wildman–Crippen MR) is 64.5 cm³/mol. The third-order valence-electron chi connectivity index (χ3n) is 3.20. The number of aliphatic hydroxyl groups is 1. The Morgan fingerprint density at radius 1 is 1.44 bits per heavy atom. The maximum atomic E-state index is 10.4. The molecule has 0 radical (unpaired) electrons. The largest absolute Gasteiger partial charge is 0.508 e. The molecule has 0 aliphatic heterocycles. The Morgan fingerprint density at radius 2 is 2.19 bits per heavy atom. The fraction of sp³-hybridized carbons (Fsp3) is 0.429. The lowest BCUT2D eigenvalue weighted by Gasteiger charge is -2.33. The van der Waals surface area contributed by atoms with Crippen molar-refractivity contribution in [1.29, 1.82) is 0 Å². The standard InChI is InChI=1S/C14H18O2/c1-10(2)8-14(16)6-5-11-7-13(15)4-3-12(11)9-14/h3-4,7,15-16H,1,5-6,8-9H2,2H3. The molecule has 0 bridgehead atoms. The molecule has 0 amide bonds. The van der Waals surface area contributed by atoms with Crippen molar-refractivity contribution in [2.24, 2.45) is 0 Å². The summed E-state index contributed by atoms with van der Waals surface area (Å²) in [7, 11) is 0. The van der Waals surface area contributed by atoms with Crippen LogP contribution in [0.25, 0.3) is 0 Å². The van der Waals surface area contributed by atoms with Crippen LogP contribution in [0.2, 0.25) is 0 Å². The number of aromatic hydroxyl groups is 1. The van der Waals surface area contributed by atoms with Crippen molar-refractivity contribution in [3.8, 4) is 5.75 Å². The second-order valence-electron chi connectivity index (χ2n) is 4.99. The predicted octanol–water partition coefficient (Wildman–Crippen LogP) is 2.58. The fourth-order valence-corrected chi connectivity index (χ4v) is 2.54. The van der Waals surface area contributed by atoms with Crippen LogP contribution in [-0.4, -0.2) is 15.8 Å². The van der Waals surface area contributed by atoms with E-state index in [1.165, 1.54) is 0 Å². The minimum atomic E-state index is -0.643. The minimum absolute atomic E-state index is 0.309. The van der Waals surface area contributed by atoms with Crippen molar-refractivity contribution in [2.45, 2.75) is 38.2 Å². The van der Waals surface area contributed by atoms with Gasteiger partial charge in [-0.05, 0) is 49.4 Å². The van der Waals surface area contributed by atoms with Gasteiger partial charge >= 0.3 is 0 Å². The van der Waals surface area contributed by atoms with Gasteiger partial charge in [-0.25, -0.2) is 0 Å². The maximum absolute atomic E-state index is 10.4. The summed E-state index contributed by atoms with van der Waals surface area (Å²) >= 11 is 0. The molecule has 1 aromatic rings. The Hall–Kier alpha value is -1.28. The Labute approximate surface area is 96.2 Å². The van der Waals surface area contributed by atoms with Crippen LogP contribution in [-0.2, 0) is 12.8 Å². The van der Waals surface area contributed by atoms with E-state index in [1.807, 2.05) is 13.0 Å². The smallest absolute Gasteiger partial charge is 0.115 e. The van der Waals surface area contributed by atoms with Crippen LogP contribution in [0, 0.1) is 0 Å². The lowest BCUT2D eigenvalue weighted by Crippen LogP contribution is -2.35. The quantitative estimate of drug-likeness (QED) is 0.749. The summed E-state index contributed by atoms with van der Waals surface area (Å²) in [6.45, 7) is 5.81. The van der Waals surface area contributed by atoms with Crippen LogP contribution in [0.4, 0.5) is 0 Å². The highest BCUT2D eigenvalue weighted by molar-refractivity contribution is 5.38. The fourth-order valence-electron chi connectivity index (χ4n) is 2.54. The molecule has 0 fully saturated rings. The summed E-state index contributed by atoms with van der Waals surface area (Å²) in [4.78, 5) is 0. The van der Waals surface area contributed by atoms with Gasteiger partial charge in [-0.2, -0.15) is 0 Å². The van der Waals surface area contributed by atoms with Crippen LogP contribution in [0.15, 0.2) is 30.4 Å². The topological polar surface area (TPSA) is 40.5 Å². The summed E-state index contributed by atoms with van der Waals surface area (Å²) in [6.07, 6.45) is 2.90. The van der Waals surface area contributed by atoms with Crippen molar-refractivity contribution in [1.82, 2.24) is 0 Å². The molecule has 1 aromatic carbocycles. The van der Waals surface area contributed by atoms with E-state index in [4.69, 9.17) is 0 Å². The molecule has 86 valence electrons. The molecule has 2 heteroatoms. The van der Waals surface area contributed by atoms with Gasteiger partial charge in [0.15, 0.2) is 0 Å². The zero-order valence-corrected chi connectivity index (χ0v) is 9.66. The van der Waals surface area contributed by atoms with Gasteiger partial charge in [-0.3, -0.25) is 0 Å². The zero-order valence-electron chi connectivity index (χ0n) is 9.66. The number of hydrogen-bond acceptors (Lipinski definition) is 2. The van der Waals surface area contributed by atoms with Crippen LogP contribution >= 0.6 is 0 Å². The monoisotopic (exact) mass is 218 g/mol. The van der Waals surface area contributed by atoms with E-state index in [2.05, 4.69) is 6.58 Å². The van der Waals surface area contributed by atoms with Gasteiger partial charge in [0.05, 0.1) is 5.60 Å². The molecule has 1 aliphatic carbocycles. The van der Waals surface area contributed by atoms with Gasteiger partial charge in [-0.1, -0.05) is 11.6 Å². The van der Waals surface area contributed by atoms with Gasteiger partial charge in [0.25, 0.3) is 0 Å². The van der Waals surface area contributed by atoms with E-state index in [9.17, 15) is 10.2 Å². The van der Waals surface area contributed by atoms with Crippen molar-refractivity contribution >= 4 is 0 Å². The molecule has 0 saturated carbocycles. The first-order valence-corrected chi connectivity index (χ1v) is 5.66. The molecule has 2 rings (SSSR count). The average Bonchev–Trinajstić information content (AvgIpc) is 2.17. The number of hydrogen-bond donors (Lipinski definition) is 2. The first-order valence-electron chi connectivity index (χ1n) is 5.66. The van der Waals surface area contributed by atoms with E-state index in [0.717, 1.165) is 29.5 Å². The van der Waals surface area contributed by atoms with Gasteiger partial charge in [0.1, 0.15) is 5.75 Å². The van der Waals surface area contributed by atoms with Crippen LogP contribution in [0.3, 0.4) is 0 Å². The molecule has 16 heavy (non-hydrogen) atoms. The maximum Gasteiger partial charge on any atom is 0.115 e. The molecule has 0 heterocycles. The number of aryl methyl sites for hydroxylation is 1. The summed E-state index contributed by atoms with van der Waals surface area (Å²) in [5.74, 6) is 0.309. The van der Waals surface area contributed by atoms with Crippen molar-refractivity contribution < 1.29 is 10.2 Å². The van der Waals surface area contributed by atoms with Crippen molar-refractivity contribution in [2.75, 3.05) is 0 Å². The normalized spacial score (nSPS) is 23.9. The first-order chi connectivity index (χ1) is 7.48. The SMILES string of the molecule is C=C(C)CC1(O)CCc2cc(O)ccc2C1. The van der Waals surface area contributed by atoms with Gasteiger partial charge in [-0.15, -0.1) is 6.58 Å². The molecule has 1 aliphatic rings. The lowest BCUT2D eigenvalue weighted by molar-refractivity contribution is 0.0268. The second kappa shape index (κ2) is 3.95. The zero-order chi connectivity index (χ0) is 11.8. The second-order valence-corrected chi connectivity index (χ2v) is 4.99. The van der Waals surface area contributed by atoms with E-state index in [-0.39, 0.29) is 0 Å². The molecular weight excluding hydrogens is 200 g/mol. The highest BCUT2D eigenvalue weighted by atomic mass is 16.3. The van der Waals surface area contributed by atoms with Crippen molar-refractivity contribution in [3.63, 3.8) is 0 Å². The number of benzene rings is 1. The number of phenolic OH excluding ortho intramolecular Hbond substituents is 1. The molecule has 0 saturated heterocycles. The van der Waals surface area contributed by atoms with Crippen LogP contribution in [0.5, 0.6) is 5.75 Å². The number of phenols is 1. The summed E-state index contributed by atoms with van der Waals surface area (Å²) in [5, 5.41) is 19.8. The third kappa shape index (κ3) is 2.27. The highest BCUT2D eigenvalue weighted by Gasteiger charge is 2.31. The molecular formula is C14H18O2. The highest BCUT2D eigenvalue weighted by Crippen LogP contribution is 2.34. The van der Waals surface area contributed by atoms with E-state index in [0.29, 0.717) is 18.6 Å². The summed E-state index contributed by atoms with van der Waals surface area (Å²) in [5.41, 5.74) is 2.68. The third-order valence-corrected chi connectivity index (χ3v) is 3.20. The van der Waals surface area contributed by atoms with Gasteiger partial charge in [0, 0.05) is 6.42 Å². The molecule has 0 spiro atoms. The van der Waals surface area contributed by atoms with E-state index >= 15 is 0 Å². The Kier molecular flexibility index (Phi) is 2.76.